The van der Waals surface area contributed by atoms with Gasteiger partial charge in [0.1, 0.15) is 10.6 Å². The third-order valence-corrected chi connectivity index (χ3v) is 6.21. The summed E-state index contributed by atoms with van der Waals surface area (Å²) in [5.74, 6) is 0.895. The molecule has 1 aliphatic rings. The van der Waals surface area contributed by atoms with Gasteiger partial charge in [-0.2, -0.15) is 0 Å². The second-order valence-electron chi connectivity index (χ2n) is 6.95. The van der Waals surface area contributed by atoms with Gasteiger partial charge in [-0.15, -0.1) is 0 Å². The maximum atomic E-state index is 12.7. The number of piperidine rings is 1. The zero-order valence-corrected chi connectivity index (χ0v) is 16.2. The Morgan fingerprint density at radius 3 is 2.80 bits per heavy atom. The first-order valence-corrected chi connectivity index (χ1v) is 10.4. The van der Waals surface area contributed by atoms with Crippen LogP contribution >= 0.6 is 0 Å². The van der Waals surface area contributed by atoms with Crippen LogP contribution in [-0.4, -0.2) is 58.3 Å². The summed E-state index contributed by atoms with van der Waals surface area (Å²) in [5.41, 5.74) is 0.961. The van der Waals surface area contributed by atoms with E-state index in [-0.39, 0.29) is 17.4 Å². The first-order chi connectivity index (χ1) is 11.9. The standard InChI is InChI=1S/C18H30N2O4S/c1-14(2)16-6-7-17(24-3)18(11-16)25(22,23)19-8-10-20-9-4-5-15(12-20)13-21/h6-7,11,14-15,19,21H,4-5,8-10,12-13H2,1-3H3. The van der Waals surface area contributed by atoms with Gasteiger partial charge in [0.15, 0.2) is 0 Å². The maximum Gasteiger partial charge on any atom is 0.244 e. The number of likely N-dealkylation sites (tertiary alicyclic amines) is 1. The molecule has 1 aromatic carbocycles. The van der Waals surface area contributed by atoms with Gasteiger partial charge in [0, 0.05) is 26.2 Å². The third-order valence-electron chi connectivity index (χ3n) is 4.73. The van der Waals surface area contributed by atoms with E-state index in [1.165, 1.54) is 7.11 Å². The highest BCUT2D eigenvalue weighted by atomic mass is 32.2. The van der Waals surface area contributed by atoms with Gasteiger partial charge in [0.05, 0.1) is 7.11 Å². The minimum atomic E-state index is -3.63. The van der Waals surface area contributed by atoms with Crippen molar-refractivity contribution in [2.45, 2.75) is 37.5 Å². The van der Waals surface area contributed by atoms with E-state index < -0.39 is 10.0 Å². The quantitative estimate of drug-likeness (QED) is 0.729. The first-order valence-electron chi connectivity index (χ1n) is 8.88. The minimum Gasteiger partial charge on any atom is -0.495 e. The van der Waals surface area contributed by atoms with Crippen molar-refractivity contribution >= 4 is 10.0 Å². The number of hydrogen-bond acceptors (Lipinski definition) is 5. The molecule has 142 valence electrons. The lowest BCUT2D eigenvalue weighted by atomic mass is 9.99. The third kappa shape index (κ3) is 5.41. The zero-order valence-electron chi connectivity index (χ0n) is 15.4. The molecule has 25 heavy (non-hydrogen) atoms. The summed E-state index contributed by atoms with van der Waals surface area (Å²) in [6.45, 7) is 7.01. The minimum absolute atomic E-state index is 0.188. The Hall–Kier alpha value is -1.15. The monoisotopic (exact) mass is 370 g/mol. The highest BCUT2D eigenvalue weighted by molar-refractivity contribution is 7.89. The van der Waals surface area contributed by atoms with Gasteiger partial charge in [-0.3, -0.25) is 0 Å². The van der Waals surface area contributed by atoms with Gasteiger partial charge in [-0.25, -0.2) is 13.1 Å². The summed E-state index contributed by atoms with van der Waals surface area (Å²) in [6, 6.07) is 5.29. The van der Waals surface area contributed by atoms with Gasteiger partial charge in [-0.05, 0) is 48.9 Å². The molecule has 1 heterocycles. The fraction of sp³-hybridized carbons (Fsp3) is 0.667. The van der Waals surface area contributed by atoms with Gasteiger partial charge < -0.3 is 14.7 Å². The first kappa shape index (κ1) is 20.2. The summed E-state index contributed by atoms with van der Waals surface area (Å²) in [7, 11) is -2.15. The van der Waals surface area contributed by atoms with Crippen LogP contribution in [0, 0.1) is 5.92 Å². The largest absolute Gasteiger partial charge is 0.495 e. The molecule has 6 nitrogen and oxygen atoms in total. The average Bonchev–Trinajstić information content (AvgIpc) is 2.61. The molecule has 0 spiro atoms. The van der Waals surface area contributed by atoms with Crippen molar-refractivity contribution in [2.24, 2.45) is 5.92 Å². The molecule has 0 aromatic heterocycles. The molecule has 2 rings (SSSR count). The van der Waals surface area contributed by atoms with Gasteiger partial charge in [0.2, 0.25) is 10.0 Å². The number of rotatable bonds is 8. The van der Waals surface area contributed by atoms with Crippen LogP contribution in [0.5, 0.6) is 5.75 Å². The number of methoxy groups -OCH3 is 1. The van der Waals surface area contributed by atoms with Crippen LogP contribution in [0.4, 0.5) is 0 Å². The van der Waals surface area contributed by atoms with E-state index in [0.29, 0.717) is 24.8 Å². The van der Waals surface area contributed by atoms with Crippen molar-refractivity contribution in [3.63, 3.8) is 0 Å². The molecule has 0 bridgehead atoms. The molecule has 0 radical (unpaired) electrons. The highest BCUT2D eigenvalue weighted by Gasteiger charge is 2.22. The van der Waals surface area contributed by atoms with Crippen LogP contribution in [0.1, 0.15) is 38.2 Å². The molecule has 0 amide bonds. The van der Waals surface area contributed by atoms with Crippen LogP contribution in [-0.2, 0) is 10.0 Å². The molecule has 1 fully saturated rings. The van der Waals surface area contributed by atoms with Crippen LogP contribution in [0.2, 0.25) is 0 Å². The van der Waals surface area contributed by atoms with Crippen molar-refractivity contribution in [1.82, 2.24) is 9.62 Å². The molecule has 1 unspecified atom stereocenters. The molecule has 1 saturated heterocycles. The Balaban J connectivity index is 2.02. The number of nitrogens with one attached hydrogen (secondary N) is 1. The number of nitrogens with zero attached hydrogens (tertiary/aromatic N) is 1. The van der Waals surface area contributed by atoms with Crippen LogP contribution < -0.4 is 9.46 Å². The fourth-order valence-corrected chi connectivity index (χ4v) is 4.40. The predicted octanol–water partition coefficient (Wildman–Crippen LogP) is 1.80. The van der Waals surface area contributed by atoms with Gasteiger partial charge >= 0.3 is 0 Å². The molecular weight excluding hydrogens is 340 g/mol. The molecule has 1 aliphatic heterocycles. The number of aliphatic hydroxyl groups excluding tert-OH is 1. The number of hydrogen-bond donors (Lipinski definition) is 2. The Morgan fingerprint density at radius 2 is 2.16 bits per heavy atom. The van der Waals surface area contributed by atoms with Gasteiger partial charge in [0.25, 0.3) is 0 Å². The smallest absolute Gasteiger partial charge is 0.244 e. The topological polar surface area (TPSA) is 78.9 Å². The van der Waals surface area contributed by atoms with E-state index in [1.54, 1.807) is 12.1 Å². The van der Waals surface area contributed by atoms with Crippen LogP contribution in [0.3, 0.4) is 0 Å². The lowest BCUT2D eigenvalue weighted by Gasteiger charge is -2.31. The number of benzene rings is 1. The Labute approximate surface area is 151 Å². The second kappa shape index (κ2) is 8.98. The summed E-state index contributed by atoms with van der Waals surface area (Å²) in [6.07, 6.45) is 2.08. The molecule has 7 heteroatoms. The van der Waals surface area contributed by atoms with Crippen LogP contribution in [0.15, 0.2) is 23.1 Å². The second-order valence-corrected chi connectivity index (χ2v) is 8.69. The van der Waals surface area contributed by atoms with Crippen molar-refractivity contribution in [3.05, 3.63) is 23.8 Å². The molecule has 0 saturated carbocycles. The fourth-order valence-electron chi connectivity index (χ4n) is 3.18. The van der Waals surface area contributed by atoms with E-state index in [2.05, 4.69) is 9.62 Å². The van der Waals surface area contributed by atoms with Crippen molar-refractivity contribution in [2.75, 3.05) is 39.9 Å². The summed E-state index contributed by atoms with van der Waals surface area (Å²) >= 11 is 0. The van der Waals surface area contributed by atoms with Crippen molar-refractivity contribution in [1.29, 1.82) is 0 Å². The van der Waals surface area contributed by atoms with Crippen molar-refractivity contribution < 1.29 is 18.3 Å². The average molecular weight is 371 g/mol. The Morgan fingerprint density at radius 1 is 1.40 bits per heavy atom. The molecule has 1 atom stereocenters. The summed E-state index contributed by atoms with van der Waals surface area (Å²) in [4.78, 5) is 2.39. The Bertz CT molecular complexity index is 661. The molecule has 2 N–H and O–H groups in total. The van der Waals surface area contributed by atoms with E-state index in [9.17, 15) is 13.5 Å². The van der Waals surface area contributed by atoms with E-state index in [1.807, 2.05) is 19.9 Å². The number of aliphatic hydroxyl groups is 1. The molecule has 0 aliphatic carbocycles. The highest BCUT2D eigenvalue weighted by Crippen LogP contribution is 2.27. The SMILES string of the molecule is COc1ccc(C(C)C)cc1S(=O)(=O)NCCN1CCCC(CO)C1. The lowest BCUT2D eigenvalue weighted by Crippen LogP contribution is -2.41. The van der Waals surface area contributed by atoms with E-state index in [4.69, 9.17) is 4.74 Å². The van der Waals surface area contributed by atoms with Crippen molar-refractivity contribution in [3.8, 4) is 5.75 Å². The van der Waals surface area contributed by atoms with E-state index >= 15 is 0 Å². The maximum absolute atomic E-state index is 12.7. The number of sulfonamides is 1. The summed E-state index contributed by atoms with van der Waals surface area (Å²) in [5, 5.41) is 9.29. The van der Waals surface area contributed by atoms with Gasteiger partial charge in [-0.1, -0.05) is 19.9 Å². The molecular formula is C18H30N2O4S. The summed E-state index contributed by atoms with van der Waals surface area (Å²) < 4.78 is 33.3. The lowest BCUT2D eigenvalue weighted by molar-refractivity contribution is 0.122. The van der Waals surface area contributed by atoms with Crippen LogP contribution in [0.25, 0.3) is 0 Å². The Kier molecular flexibility index (Phi) is 7.25. The van der Waals surface area contributed by atoms with E-state index in [0.717, 1.165) is 31.5 Å². The zero-order chi connectivity index (χ0) is 18.4. The molecule has 1 aromatic rings. The predicted molar refractivity (Wildman–Crippen MR) is 98.5 cm³/mol. The normalized spacial score (nSPS) is 19.3. The number of ether oxygens (including phenoxy) is 1.